The summed E-state index contributed by atoms with van der Waals surface area (Å²) in [6.07, 6.45) is 2.94. The van der Waals surface area contributed by atoms with Gasteiger partial charge in [0, 0.05) is 39.8 Å². The van der Waals surface area contributed by atoms with Crippen molar-refractivity contribution in [3.8, 4) is 0 Å². The van der Waals surface area contributed by atoms with Crippen molar-refractivity contribution in [1.82, 2.24) is 15.5 Å². The minimum atomic E-state index is -0.442. The number of likely N-dealkylation sites (tertiary alicyclic amines) is 1. The number of guanidine groups is 1. The fourth-order valence-electron chi connectivity index (χ4n) is 2.77. The van der Waals surface area contributed by atoms with Crippen LogP contribution in [0.3, 0.4) is 0 Å². The highest BCUT2D eigenvalue weighted by Crippen LogP contribution is 2.21. The van der Waals surface area contributed by atoms with E-state index in [1.54, 1.807) is 7.11 Å². The number of nitrogens with one attached hydrogen (secondary N) is 2. The van der Waals surface area contributed by atoms with Crippen molar-refractivity contribution in [2.75, 3.05) is 46.4 Å². The van der Waals surface area contributed by atoms with Crippen molar-refractivity contribution in [3.05, 3.63) is 0 Å². The lowest BCUT2D eigenvalue weighted by Crippen LogP contribution is -2.43. The second-order valence-electron chi connectivity index (χ2n) is 7.40. The van der Waals surface area contributed by atoms with Crippen LogP contribution < -0.4 is 10.6 Å². The lowest BCUT2D eigenvalue weighted by atomic mass is 9.95. The number of methoxy groups -OCH3 is 1. The normalized spacial score (nSPS) is 18.8. The first-order chi connectivity index (χ1) is 11.9. The summed E-state index contributed by atoms with van der Waals surface area (Å²) in [5, 5.41) is 6.47. The van der Waals surface area contributed by atoms with E-state index in [1.165, 1.54) is 0 Å². The quantitative estimate of drug-likeness (QED) is 0.416. The molecule has 1 rings (SSSR count). The van der Waals surface area contributed by atoms with Crippen molar-refractivity contribution in [2.45, 2.75) is 52.6 Å². The van der Waals surface area contributed by atoms with Crippen LogP contribution in [0.15, 0.2) is 4.99 Å². The molecule has 1 atom stereocenters. The van der Waals surface area contributed by atoms with Gasteiger partial charge in [-0.3, -0.25) is 4.99 Å². The Morgan fingerprint density at radius 3 is 2.72 bits per heavy atom. The molecule has 1 saturated heterocycles. The monoisotopic (exact) mass is 356 g/mol. The van der Waals surface area contributed by atoms with Gasteiger partial charge >= 0.3 is 6.09 Å². The standard InChI is InChI=1S/C18H36N4O3/c1-6-19-16(21-11-13-24-5)20-10-9-15-8-7-12-22(14-15)17(23)25-18(2,3)4/h15H,6-14H2,1-5H3,(H2,19,20,21). The number of nitrogens with zero attached hydrogens (tertiary/aromatic N) is 2. The Kier molecular flexibility index (Phi) is 9.63. The molecule has 146 valence electrons. The molecular formula is C18H36N4O3. The van der Waals surface area contributed by atoms with E-state index in [0.717, 1.165) is 57.9 Å². The molecule has 7 heteroatoms. The number of amides is 1. The molecule has 1 fully saturated rings. The molecule has 0 aromatic heterocycles. The number of aliphatic imine (C=N–C) groups is 1. The number of rotatable bonds is 7. The average molecular weight is 357 g/mol. The van der Waals surface area contributed by atoms with Gasteiger partial charge in [-0.15, -0.1) is 0 Å². The number of carbonyl (C=O) groups is 1. The van der Waals surface area contributed by atoms with Crippen LogP contribution in [0.2, 0.25) is 0 Å². The molecule has 1 heterocycles. The molecule has 2 N–H and O–H groups in total. The van der Waals surface area contributed by atoms with Gasteiger partial charge in [0.25, 0.3) is 0 Å². The Labute approximate surface area is 152 Å². The summed E-state index contributed by atoms with van der Waals surface area (Å²) in [4.78, 5) is 18.7. The van der Waals surface area contributed by atoms with Crippen LogP contribution in [0.25, 0.3) is 0 Å². The Bertz CT molecular complexity index is 421. The molecule has 0 aliphatic carbocycles. The first-order valence-electron chi connectivity index (χ1n) is 9.34. The van der Waals surface area contributed by atoms with Crippen LogP contribution in [0.5, 0.6) is 0 Å². The zero-order valence-electron chi connectivity index (χ0n) is 16.6. The average Bonchev–Trinajstić information content (AvgIpc) is 2.54. The van der Waals surface area contributed by atoms with Crippen LogP contribution in [0, 0.1) is 5.92 Å². The van der Waals surface area contributed by atoms with Gasteiger partial charge in [-0.2, -0.15) is 0 Å². The minimum Gasteiger partial charge on any atom is -0.444 e. The van der Waals surface area contributed by atoms with Crippen molar-refractivity contribution in [1.29, 1.82) is 0 Å². The maximum absolute atomic E-state index is 12.2. The van der Waals surface area contributed by atoms with Gasteiger partial charge < -0.3 is 25.0 Å². The molecular weight excluding hydrogens is 320 g/mol. The van der Waals surface area contributed by atoms with Crippen molar-refractivity contribution in [3.63, 3.8) is 0 Å². The van der Waals surface area contributed by atoms with E-state index in [2.05, 4.69) is 15.6 Å². The first-order valence-corrected chi connectivity index (χ1v) is 9.34. The van der Waals surface area contributed by atoms with E-state index in [0.29, 0.717) is 12.5 Å². The van der Waals surface area contributed by atoms with Crippen molar-refractivity contribution in [2.24, 2.45) is 10.9 Å². The number of hydrogen-bond acceptors (Lipinski definition) is 4. The Hall–Kier alpha value is -1.50. The summed E-state index contributed by atoms with van der Waals surface area (Å²) < 4.78 is 10.5. The molecule has 0 aromatic rings. The lowest BCUT2D eigenvalue weighted by Gasteiger charge is -2.34. The minimum absolute atomic E-state index is 0.199. The SMILES string of the molecule is CCNC(=NCCC1CCCN(C(=O)OC(C)(C)C)C1)NCCOC. The highest BCUT2D eigenvalue weighted by molar-refractivity contribution is 5.79. The summed E-state index contributed by atoms with van der Waals surface area (Å²) in [5.41, 5.74) is -0.442. The summed E-state index contributed by atoms with van der Waals surface area (Å²) >= 11 is 0. The predicted molar refractivity (Wildman–Crippen MR) is 101 cm³/mol. The molecule has 1 amide bonds. The van der Waals surface area contributed by atoms with Gasteiger partial charge in [-0.25, -0.2) is 4.79 Å². The topological polar surface area (TPSA) is 75.2 Å². The van der Waals surface area contributed by atoms with Crippen molar-refractivity contribution >= 4 is 12.1 Å². The van der Waals surface area contributed by atoms with Crippen LogP contribution in [-0.2, 0) is 9.47 Å². The second-order valence-corrected chi connectivity index (χ2v) is 7.40. The third-order valence-electron chi connectivity index (χ3n) is 3.92. The van der Waals surface area contributed by atoms with Crippen LogP contribution in [-0.4, -0.2) is 69.0 Å². The van der Waals surface area contributed by atoms with E-state index in [-0.39, 0.29) is 6.09 Å². The molecule has 0 aromatic carbocycles. The van der Waals surface area contributed by atoms with Gasteiger partial charge in [0.05, 0.1) is 6.61 Å². The van der Waals surface area contributed by atoms with E-state index >= 15 is 0 Å². The Morgan fingerprint density at radius 2 is 2.08 bits per heavy atom. The Balaban J connectivity index is 2.42. The zero-order valence-corrected chi connectivity index (χ0v) is 16.6. The van der Waals surface area contributed by atoms with Crippen LogP contribution in [0.4, 0.5) is 4.79 Å². The third-order valence-corrected chi connectivity index (χ3v) is 3.92. The molecule has 25 heavy (non-hydrogen) atoms. The van der Waals surface area contributed by atoms with Gasteiger partial charge in [0.1, 0.15) is 5.60 Å². The number of ether oxygens (including phenoxy) is 2. The molecule has 0 bridgehead atoms. The van der Waals surface area contributed by atoms with Gasteiger partial charge in [0.2, 0.25) is 0 Å². The predicted octanol–water partition coefficient (Wildman–Crippen LogP) is 2.23. The molecule has 1 unspecified atom stereocenters. The van der Waals surface area contributed by atoms with E-state index in [9.17, 15) is 4.79 Å². The smallest absolute Gasteiger partial charge is 0.410 e. The zero-order chi connectivity index (χ0) is 18.7. The Morgan fingerprint density at radius 1 is 1.32 bits per heavy atom. The third kappa shape index (κ3) is 9.53. The van der Waals surface area contributed by atoms with Crippen LogP contribution >= 0.6 is 0 Å². The number of hydrogen-bond donors (Lipinski definition) is 2. The van der Waals surface area contributed by atoms with Gasteiger partial charge in [-0.05, 0) is 52.9 Å². The summed E-state index contributed by atoms with van der Waals surface area (Å²) in [5.74, 6) is 1.30. The molecule has 0 spiro atoms. The highest BCUT2D eigenvalue weighted by atomic mass is 16.6. The first kappa shape index (κ1) is 21.5. The van der Waals surface area contributed by atoms with E-state index < -0.39 is 5.60 Å². The summed E-state index contributed by atoms with van der Waals surface area (Å²) in [6, 6.07) is 0. The number of piperidine rings is 1. The second kappa shape index (κ2) is 11.2. The van der Waals surface area contributed by atoms with E-state index in [1.807, 2.05) is 32.6 Å². The van der Waals surface area contributed by atoms with Gasteiger partial charge in [-0.1, -0.05) is 0 Å². The van der Waals surface area contributed by atoms with Crippen LogP contribution in [0.1, 0.15) is 47.0 Å². The maximum atomic E-state index is 12.2. The molecule has 0 saturated carbocycles. The van der Waals surface area contributed by atoms with E-state index in [4.69, 9.17) is 9.47 Å². The largest absolute Gasteiger partial charge is 0.444 e. The summed E-state index contributed by atoms with van der Waals surface area (Å²) in [6.45, 7) is 12.3. The number of carbonyl (C=O) groups excluding carboxylic acids is 1. The van der Waals surface area contributed by atoms with Gasteiger partial charge in [0.15, 0.2) is 5.96 Å². The molecule has 1 aliphatic heterocycles. The fourth-order valence-corrected chi connectivity index (χ4v) is 2.77. The molecule has 7 nitrogen and oxygen atoms in total. The molecule has 0 radical (unpaired) electrons. The molecule has 1 aliphatic rings. The fraction of sp³-hybridized carbons (Fsp3) is 0.889. The lowest BCUT2D eigenvalue weighted by molar-refractivity contribution is 0.0163. The maximum Gasteiger partial charge on any atom is 0.410 e. The highest BCUT2D eigenvalue weighted by Gasteiger charge is 2.27. The van der Waals surface area contributed by atoms with Crippen molar-refractivity contribution < 1.29 is 14.3 Å². The summed E-state index contributed by atoms with van der Waals surface area (Å²) in [7, 11) is 1.69.